The molecule has 9 heteroatoms. The number of hydrogen-bond acceptors (Lipinski definition) is 8. The molecule has 0 aromatic carbocycles. The topological polar surface area (TPSA) is 149 Å². The smallest absolute Gasteiger partial charge is 0.220 e. The number of nitrogens with one attached hydrogen (secondary N) is 1. The quantitative estimate of drug-likeness (QED) is 0.0261. The van der Waals surface area contributed by atoms with E-state index >= 15 is 0 Å². The van der Waals surface area contributed by atoms with Crippen LogP contribution in [0.4, 0.5) is 0 Å². The van der Waals surface area contributed by atoms with E-state index in [9.17, 15) is 30.3 Å². The number of aliphatic hydroxyl groups excluding tert-OH is 5. The first kappa shape index (κ1) is 77.6. The molecule has 1 amide bonds. The predicted molar refractivity (Wildman–Crippen MR) is 354 cm³/mol. The van der Waals surface area contributed by atoms with Crippen molar-refractivity contribution in [1.82, 2.24) is 5.32 Å². The highest BCUT2D eigenvalue weighted by Crippen LogP contribution is 2.23. The fourth-order valence-electron chi connectivity index (χ4n) is 10.3. The van der Waals surface area contributed by atoms with Crippen molar-refractivity contribution in [3.05, 3.63) is 122 Å². The predicted octanol–water partition coefficient (Wildman–Crippen LogP) is 18.6. The normalized spacial score (nSPS) is 19.0. The van der Waals surface area contributed by atoms with Gasteiger partial charge in [-0.3, -0.25) is 4.79 Å². The van der Waals surface area contributed by atoms with Crippen molar-refractivity contribution in [2.24, 2.45) is 0 Å². The van der Waals surface area contributed by atoms with E-state index in [0.717, 1.165) is 96.3 Å². The summed E-state index contributed by atoms with van der Waals surface area (Å²) in [6, 6.07) is -0.754. The van der Waals surface area contributed by atoms with Crippen LogP contribution in [0.25, 0.3) is 0 Å². The van der Waals surface area contributed by atoms with Crippen molar-refractivity contribution in [2.75, 3.05) is 13.2 Å². The third-order valence-corrected chi connectivity index (χ3v) is 15.6. The fraction of sp³-hybridized carbons (Fsp3) is 0.716. The standard InChI is InChI=1S/C74H127NO8/c1-3-5-7-9-11-13-15-17-19-21-23-25-27-29-31-32-33-34-35-36-38-40-42-44-46-48-50-52-54-56-58-60-62-64-70(78)75-67(66-82-74-73(81)72(80)71(79)69(65-76)83-74)68(77)63-61-59-57-55-53-51-49-47-45-43-41-39-37-30-28-26-24-22-20-18-16-14-12-10-8-6-4-2/h5,7,11,13,17,19,23,25,29,31,33-34,36,38,42,44,48,50,54,56,67-69,71-74,76-77,79-81H,3-4,6,8-10,12,14-16,18,20-22,24,26-28,30,32,35,37,39-41,43,45-47,49,51-53,55,57-66H2,1-2H3,(H,75,78)/b7-5-,13-11-,19-17-,25-23-,31-29-,34-33-,38-36-,44-42-,50-48-,56-54-. The molecule has 7 atom stereocenters. The summed E-state index contributed by atoms with van der Waals surface area (Å²) < 4.78 is 11.3. The number of amides is 1. The lowest BCUT2D eigenvalue weighted by Gasteiger charge is -2.40. The van der Waals surface area contributed by atoms with Crippen LogP contribution in [0, 0.1) is 0 Å². The molecule has 0 aromatic heterocycles. The molecule has 1 saturated heterocycles. The molecule has 83 heavy (non-hydrogen) atoms. The number of aliphatic hydroxyl groups is 5. The first-order chi connectivity index (χ1) is 40.8. The zero-order valence-corrected chi connectivity index (χ0v) is 53.2. The number of hydrogen-bond donors (Lipinski definition) is 6. The van der Waals surface area contributed by atoms with Gasteiger partial charge in [-0.05, 0) is 89.9 Å². The number of unbranched alkanes of at least 4 members (excludes halogenated alkanes) is 28. The summed E-state index contributed by atoms with van der Waals surface area (Å²) in [6.07, 6.45) is 85.4. The summed E-state index contributed by atoms with van der Waals surface area (Å²) in [4.78, 5) is 13.1. The van der Waals surface area contributed by atoms with E-state index < -0.39 is 49.5 Å². The van der Waals surface area contributed by atoms with Crippen LogP contribution in [0.2, 0.25) is 0 Å². The van der Waals surface area contributed by atoms with Crippen LogP contribution >= 0.6 is 0 Å². The Morgan fingerprint density at radius 1 is 0.422 bits per heavy atom. The molecular formula is C74H127NO8. The maximum absolute atomic E-state index is 13.1. The van der Waals surface area contributed by atoms with Gasteiger partial charge in [0.1, 0.15) is 24.4 Å². The molecule has 1 rings (SSSR count). The minimum Gasteiger partial charge on any atom is -0.394 e. The number of allylic oxidation sites excluding steroid dienone is 20. The SMILES string of the molecule is CC/C=C\C/C=C\C/C=C\C/C=C\C/C=C\C/C=C\C/C=C\C/C=C\C/C=C\C/C=C\CCCCC(=O)NC(COC1OC(CO)C(O)C(O)C1O)C(O)CCCCCCCCCCCCCCCCCCCCCCCCCCCCC. The van der Waals surface area contributed by atoms with Crippen LogP contribution in [0.3, 0.4) is 0 Å². The van der Waals surface area contributed by atoms with E-state index in [1.165, 1.54) is 154 Å². The highest BCUT2D eigenvalue weighted by molar-refractivity contribution is 5.76. The van der Waals surface area contributed by atoms with E-state index in [1.54, 1.807) is 0 Å². The zero-order chi connectivity index (χ0) is 60.0. The van der Waals surface area contributed by atoms with Gasteiger partial charge in [0.05, 0.1) is 25.4 Å². The Morgan fingerprint density at radius 2 is 0.747 bits per heavy atom. The molecule has 1 fully saturated rings. The lowest BCUT2D eigenvalue weighted by molar-refractivity contribution is -0.302. The molecule has 9 nitrogen and oxygen atoms in total. The van der Waals surface area contributed by atoms with E-state index in [1.807, 2.05) is 0 Å². The van der Waals surface area contributed by atoms with Gasteiger partial charge in [-0.25, -0.2) is 0 Å². The Labute approximate surface area is 509 Å². The van der Waals surface area contributed by atoms with Crippen molar-refractivity contribution in [2.45, 2.75) is 326 Å². The van der Waals surface area contributed by atoms with E-state index in [2.05, 4.69) is 141 Å². The second-order valence-electron chi connectivity index (χ2n) is 23.2. The molecule has 1 aliphatic heterocycles. The fourth-order valence-corrected chi connectivity index (χ4v) is 10.3. The maximum Gasteiger partial charge on any atom is 0.220 e. The Hall–Kier alpha value is -3.41. The zero-order valence-electron chi connectivity index (χ0n) is 53.2. The lowest BCUT2D eigenvalue weighted by Crippen LogP contribution is -2.60. The molecule has 0 saturated carbocycles. The second-order valence-corrected chi connectivity index (χ2v) is 23.2. The summed E-state index contributed by atoms with van der Waals surface area (Å²) >= 11 is 0. The molecular weight excluding hydrogens is 1030 g/mol. The summed E-state index contributed by atoms with van der Waals surface area (Å²) in [5, 5.41) is 54.9. The van der Waals surface area contributed by atoms with Gasteiger partial charge in [0, 0.05) is 6.42 Å². The van der Waals surface area contributed by atoms with Gasteiger partial charge in [-0.15, -0.1) is 0 Å². The van der Waals surface area contributed by atoms with Gasteiger partial charge in [0.2, 0.25) is 5.91 Å². The first-order valence-electron chi connectivity index (χ1n) is 34.2. The second kappa shape index (κ2) is 61.7. The van der Waals surface area contributed by atoms with Crippen molar-refractivity contribution in [3.8, 4) is 0 Å². The van der Waals surface area contributed by atoms with Gasteiger partial charge >= 0.3 is 0 Å². The minimum absolute atomic E-state index is 0.163. The van der Waals surface area contributed by atoms with Crippen LogP contribution in [-0.4, -0.2) is 87.5 Å². The van der Waals surface area contributed by atoms with Crippen molar-refractivity contribution in [1.29, 1.82) is 0 Å². The van der Waals surface area contributed by atoms with Gasteiger partial charge in [-0.1, -0.05) is 309 Å². The highest BCUT2D eigenvalue weighted by atomic mass is 16.7. The van der Waals surface area contributed by atoms with Crippen LogP contribution in [0.5, 0.6) is 0 Å². The molecule has 7 unspecified atom stereocenters. The van der Waals surface area contributed by atoms with E-state index in [4.69, 9.17) is 9.47 Å². The molecule has 0 aliphatic carbocycles. The average Bonchev–Trinajstić information content (AvgIpc) is 3.61. The van der Waals surface area contributed by atoms with E-state index in [-0.39, 0.29) is 12.5 Å². The Bertz CT molecular complexity index is 1720. The van der Waals surface area contributed by atoms with Crippen LogP contribution in [-0.2, 0) is 14.3 Å². The lowest BCUT2D eigenvalue weighted by atomic mass is 9.99. The molecule has 0 radical (unpaired) electrons. The summed E-state index contributed by atoms with van der Waals surface area (Å²) in [6.45, 7) is 3.72. The van der Waals surface area contributed by atoms with Crippen LogP contribution < -0.4 is 5.32 Å². The monoisotopic (exact) mass is 1160 g/mol. The van der Waals surface area contributed by atoms with Crippen molar-refractivity contribution in [3.63, 3.8) is 0 Å². The molecule has 1 heterocycles. The van der Waals surface area contributed by atoms with Crippen LogP contribution in [0.1, 0.15) is 284 Å². The molecule has 6 N–H and O–H groups in total. The minimum atomic E-state index is -1.57. The third kappa shape index (κ3) is 50.5. The Balaban J connectivity index is 2.20. The van der Waals surface area contributed by atoms with Gasteiger partial charge in [0.15, 0.2) is 6.29 Å². The third-order valence-electron chi connectivity index (χ3n) is 15.6. The summed E-state index contributed by atoms with van der Waals surface area (Å²) in [7, 11) is 0. The Morgan fingerprint density at radius 3 is 1.08 bits per heavy atom. The molecule has 1 aliphatic rings. The molecule has 0 bridgehead atoms. The van der Waals surface area contributed by atoms with Gasteiger partial charge in [0.25, 0.3) is 0 Å². The van der Waals surface area contributed by atoms with Gasteiger partial charge < -0.3 is 40.3 Å². The van der Waals surface area contributed by atoms with Crippen LogP contribution in [0.15, 0.2) is 122 Å². The maximum atomic E-state index is 13.1. The molecule has 476 valence electrons. The average molecular weight is 1160 g/mol. The molecule has 0 spiro atoms. The van der Waals surface area contributed by atoms with Crippen molar-refractivity contribution < 1.29 is 39.8 Å². The largest absolute Gasteiger partial charge is 0.394 e. The summed E-state index contributed by atoms with van der Waals surface area (Å²) in [5.74, 6) is -0.188. The number of carbonyl (C=O) groups excluding carboxylic acids is 1. The van der Waals surface area contributed by atoms with Crippen molar-refractivity contribution >= 4 is 5.91 Å². The number of ether oxygens (including phenoxy) is 2. The van der Waals surface area contributed by atoms with Gasteiger partial charge in [-0.2, -0.15) is 0 Å². The van der Waals surface area contributed by atoms with E-state index in [0.29, 0.717) is 19.3 Å². The summed E-state index contributed by atoms with van der Waals surface area (Å²) in [5.41, 5.74) is 0. The first-order valence-corrected chi connectivity index (χ1v) is 34.2. The number of rotatable bonds is 58. The molecule has 0 aromatic rings. The number of carbonyl (C=O) groups is 1. The highest BCUT2D eigenvalue weighted by Gasteiger charge is 2.44. The Kier molecular flexibility index (Phi) is 57.7.